The van der Waals surface area contributed by atoms with Gasteiger partial charge in [0.1, 0.15) is 0 Å². The molecule has 0 heterocycles. The second-order valence-electron chi connectivity index (χ2n) is 8.96. The van der Waals surface area contributed by atoms with Crippen LogP contribution in [0.4, 0.5) is 0 Å². The minimum Gasteiger partial charge on any atom is -0.490 e. The molecule has 0 radical (unpaired) electrons. The maximum atomic E-state index is 11.3. The van der Waals surface area contributed by atoms with E-state index in [0.717, 1.165) is 12.0 Å². The lowest BCUT2D eigenvalue weighted by atomic mass is 10.0. The van der Waals surface area contributed by atoms with Crippen LogP contribution >= 0.6 is 0 Å². The van der Waals surface area contributed by atoms with E-state index in [4.69, 9.17) is 9.84 Å². The fourth-order valence-electron chi connectivity index (χ4n) is 3.52. The van der Waals surface area contributed by atoms with Gasteiger partial charge in [-0.3, -0.25) is 4.79 Å². The van der Waals surface area contributed by atoms with Crippen molar-refractivity contribution in [1.29, 1.82) is 0 Å². The van der Waals surface area contributed by atoms with Crippen LogP contribution in [-0.4, -0.2) is 30.3 Å². The maximum Gasteiger partial charge on any atom is 0.371 e. The summed E-state index contributed by atoms with van der Waals surface area (Å²) in [5, 5.41) is 8.64. The second kappa shape index (κ2) is 22.5. The fourth-order valence-corrected chi connectivity index (χ4v) is 3.52. The van der Waals surface area contributed by atoms with Crippen LogP contribution in [0.5, 0.6) is 0 Å². The largest absolute Gasteiger partial charge is 0.490 e. The Kier molecular flexibility index (Phi) is 21.0. The smallest absolute Gasteiger partial charge is 0.371 e. The summed E-state index contributed by atoms with van der Waals surface area (Å²) in [5.41, 5.74) is 0.807. The van der Waals surface area contributed by atoms with Crippen LogP contribution < -0.4 is 0 Å². The van der Waals surface area contributed by atoms with Crippen LogP contribution in [0.3, 0.4) is 0 Å². The van der Waals surface area contributed by atoms with Crippen molar-refractivity contribution in [3.63, 3.8) is 0 Å². The summed E-state index contributed by atoms with van der Waals surface area (Å²) >= 11 is 0. The quantitative estimate of drug-likeness (QED) is 0.100. The van der Waals surface area contributed by atoms with Gasteiger partial charge in [0.15, 0.2) is 0 Å². The molecule has 0 spiro atoms. The van der Waals surface area contributed by atoms with Gasteiger partial charge >= 0.3 is 11.9 Å². The highest BCUT2D eigenvalue weighted by Gasteiger charge is 2.06. The fraction of sp³-hybridized carbons (Fsp3) is 0.655. The molecule has 34 heavy (non-hydrogen) atoms. The SMILES string of the molecule is CCCCCCCCCCCCCCCC(=O)OC(C)C.COC(=Cc1ccccc1)C(=O)O. The zero-order valence-electron chi connectivity index (χ0n) is 22.0. The average Bonchev–Trinajstić information content (AvgIpc) is 2.81. The Balaban J connectivity index is 0.000000712. The number of ether oxygens (including phenoxy) is 2. The molecule has 0 aliphatic rings. The first-order valence-electron chi connectivity index (χ1n) is 13.1. The van der Waals surface area contributed by atoms with Gasteiger partial charge in [-0.1, -0.05) is 114 Å². The molecule has 1 rings (SSSR count). The molecule has 0 unspecified atom stereocenters. The van der Waals surface area contributed by atoms with Crippen LogP contribution in [0.1, 0.15) is 116 Å². The highest BCUT2D eigenvalue weighted by atomic mass is 16.5. The molecule has 0 saturated heterocycles. The first-order chi connectivity index (χ1) is 16.4. The van der Waals surface area contributed by atoms with Crippen molar-refractivity contribution in [2.75, 3.05) is 7.11 Å². The summed E-state index contributed by atoms with van der Waals surface area (Å²) in [6.45, 7) is 6.08. The van der Waals surface area contributed by atoms with Crippen molar-refractivity contribution < 1.29 is 24.2 Å². The molecule has 1 aromatic rings. The Bertz CT molecular complexity index is 652. The van der Waals surface area contributed by atoms with E-state index in [-0.39, 0.29) is 17.8 Å². The monoisotopic (exact) mass is 476 g/mol. The maximum absolute atomic E-state index is 11.3. The molecule has 1 aromatic carbocycles. The lowest BCUT2D eigenvalue weighted by Crippen LogP contribution is -2.10. The summed E-state index contributed by atoms with van der Waals surface area (Å²) in [6, 6.07) is 9.15. The molecule has 194 valence electrons. The number of hydrogen-bond donors (Lipinski definition) is 1. The van der Waals surface area contributed by atoms with Crippen LogP contribution in [-0.2, 0) is 19.1 Å². The summed E-state index contributed by atoms with van der Waals surface area (Å²) in [6.07, 6.45) is 19.5. The van der Waals surface area contributed by atoms with Crippen molar-refractivity contribution in [2.24, 2.45) is 0 Å². The van der Waals surface area contributed by atoms with Crippen molar-refractivity contribution in [3.8, 4) is 0 Å². The third-order valence-electron chi connectivity index (χ3n) is 5.38. The molecule has 0 aromatic heterocycles. The van der Waals surface area contributed by atoms with E-state index in [9.17, 15) is 9.59 Å². The number of carboxylic acids is 1. The molecule has 0 fully saturated rings. The average molecular weight is 477 g/mol. The van der Waals surface area contributed by atoms with Gasteiger partial charge in [-0.05, 0) is 31.9 Å². The van der Waals surface area contributed by atoms with Gasteiger partial charge in [0.05, 0.1) is 13.2 Å². The highest BCUT2D eigenvalue weighted by molar-refractivity contribution is 5.89. The van der Waals surface area contributed by atoms with Crippen molar-refractivity contribution in [1.82, 2.24) is 0 Å². The van der Waals surface area contributed by atoms with Gasteiger partial charge in [-0.2, -0.15) is 0 Å². The van der Waals surface area contributed by atoms with E-state index in [0.29, 0.717) is 6.42 Å². The number of unbranched alkanes of at least 4 members (excludes halogenated alkanes) is 12. The van der Waals surface area contributed by atoms with Crippen LogP contribution in [0.25, 0.3) is 6.08 Å². The van der Waals surface area contributed by atoms with E-state index < -0.39 is 5.97 Å². The standard InChI is InChI=1S/C19H38O2.C10H10O3/c1-4-5-6-7-8-9-10-11-12-13-14-15-16-17-19(20)21-18(2)3;1-13-9(10(11)12)7-8-5-3-2-4-6-8/h18H,4-17H2,1-3H3;2-7H,1H3,(H,11,12). The Morgan fingerprint density at radius 3 is 1.71 bits per heavy atom. The molecule has 5 nitrogen and oxygen atoms in total. The minimum absolute atomic E-state index is 0.0273. The zero-order chi connectivity index (χ0) is 25.4. The zero-order valence-corrected chi connectivity index (χ0v) is 22.0. The molecule has 0 saturated carbocycles. The Morgan fingerprint density at radius 1 is 0.824 bits per heavy atom. The molecular weight excluding hydrogens is 428 g/mol. The van der Waals surface area contributed by atoms with Gasteiger partial charge in [0.25, 0.3) is 0 Å². The molecule has 0 amide bonds. The predicted molar refractivity (Wildman–Crippen MR) is 141 cm³/mol. The molecule has 0 bridgehead atoms. The number of hydrogen-bond acceptors (Lipinski definition) is 4. The normalized spacial score (nSPS) is 11.0. The van der Waals surface area contributed by atoms with E-state index in [1.165, 1.54) is 90.2 Å². The number of benzene rings is 1. The van der Waals surface area contributed by atoms with Gasteiger partial charge < -0.3 is 14.6 Å². The number of carboxylic acid groups (broad SMARTS) is 1. The van der Waals surface area contributed by atoms with Crippen LogP contribution in [0.2, 0.25) is 0 Å². The Labute approximate surface area is 207 Å². The summed E-state index contributed by atoms with van der Waals surface area (Å²) in [5.74, 6) is -1.16. The Morgan fingerprint density at radius 2 is 1.29 bits per heavy atom. The summed E-state index contributed by atoms with van der Waals surface area (Å²) in [7, 11) is 1.34. The molecule has 1 N–H and O–H groups in total. The number of aliphatic carboxylic acids is 1. The molecular formula is C29H48O5. The van der Waals surface area contributed by atoms with Crippen molar-refractivity contribution in [2.45, 2.75) is 117 Å². The van der Waals surface area contributed by atoms with Crippen molar-refractivity contribution >= 4 is 18.0 Å². The van der Waals surface area contributed by atoms with E-state index in [1.54, 1.807) is 0 Å². The van der Waals surface area contributed by atoms with Gasteiger partial charge in [0.2, 0.25) is 5.76 Å². The van der Waals surface area contributed by atoms with Crippen LogP contribution in [0.15, 0.2) is 36.1 Å². The Hall–Kier alpha value is -2.30. The predicted octanol–water partition coefficient (Wildman–Crippen LogP) is 8.18. The lowest BCUT2D eigenvalue weighted by molar-refractivity contribution is -0.147. The van der Waals surface area contributed by atoms with E-state index >= 15 is 0 Å². The molecule has 0 aliphatic carbocycles. The molecule has 5 heteroatoms. The topological polar surface area (TPSA) is 72.8 Å². The number of methoxy groups -OCH3 is 1. The van der Waals surface area contributed by atoms with Crippen molar-refractivity contribution in [3.05, 3.63) is 41.7 Å². The molecule has 0 aliphatic heterocycles. The van der Waals surface area contributed by atoms with Gasteiger partial charge in [-0.15, -0.1) is 0 Å². The van der Waals surface area contributed by atoms with E-state index in [1.807, 2.05) is 44.2 Å². The molecule has 0 atom stereocenters. The first kappa shape index (κ1) is 31.7. The minimum atomic E-state index is -1.06. The van der Waals surface area contributed by atoms with Gasteiger partial charge in [-0.25, -0.2) is 4.79 Å². The van der Waals surface area contributed by atoms with Crippen LogP contribution in [0, 0.1) is 0 Å². The number of rotatable bonds is 18. The first-order valence-corrected chi connectivity index (χ1v) is 13.1. The summed E-state index contributed by atoms with van der Waals surface area (Å²) < 4.78 is 9.80. The third kappa shape index (κ3) is 20.3. The lowest BCUT2D eigenvalue weighted by Gasteiger charge is -2.07. The second-order valence-corrected chi connectivity index (χ2v) is 8.96. The third-order valence-corrected chi connectivity index (χ3v) is 5.38. The summed E-state index contributed by atoms with van der Waals surface area (Å²) in [4.78, 5) is 21.9. The number of carbonyl (C=O) groups excluding carboxylic acids is 1. The number of carbonyl (C=O) groups is 2. The number of esters is 1. The highest BCUT2D eigenvalue weighted by Crippen LogP contribution is 2.13. The van der Waals surface area contributed by atoms with E-state index in [2.05, 4.69) is 11.7 Å². The van der Waals surface area contributed by atoms with Gasteiger partial charge in [0, 0.05) is 6.42 Å².